The Morgan fingerprint density at radius 2 is 1.71 bits per heavy atom. The van der Waals surface area contributed by atoms with Crippen LogP contribution in [0.5, 0.6) is 5.75 Å². The Morgan fingerprint density at radius 1 is 1.14 bits per heavy atom. The Morgan fingerprint density at radius 3 is 2.14 bits per heavy atom. The molecule has 1 amide bonds. The lowest BCUT2D eigenvalue weighted by molar-refractivity contribution is -0.137. The zero-order valence-corrected chi connectivity index (χ0v) is 11.6. The maximum Gasteiger partial charge on any atom is 0.416 e. The molecule has 0 aromatic heterocycles. The molecule has 0 fully saturated rings. The van der Waals surface area contributed by atoms with Gasteiger partial charge in [-0.2, -0.15) is 13.2 Å². The van der Waals surface area contributed by atoms with Gasteiger partial charge in [-0.1, -0.05) is 0 Å². The molecule has 0 aliphatic rings. The number of alkyl halides is 3. The number of carbonyl (C=O) groups excluding carboxylic acids is 2. The van der Waals surface area contributed by atoms with Gasteiger partial charge in [-0.25, -0.2) is 4.79 Å². The number of halogens is 3. The average molecular weight is 305 g/mol. The second-order valence-electron chi connectivity index (χ2n) is 4.71. The fraction of sp³-hybridized carbons (Fsp3) is 0.385. The topological polar surface area (TPSA) is 78.6 Å². The largest absolute Gasteiger partial charge is 0.478 e. The molecule has 8 heteroatoms. The van der Waals surface area contributed by atoms with Crippen molar-refractivity contribution in [1.29, 1.82) is 0 Å². The monoisotopic (exact) mass is 305 g/mol. The summed E-state index contributed by atoms with van der Waals surface area (Å²) in [5.74, 6) is -2.13. The van der Waals surface area contributed by atoms with Crippen molar-refractivity contribution in [3.05, 3.63) is 29.3 Å². The average Bonchev–Trinajstić information content (AvgIpc) is 2.35. The van der Waals surface area contributed by atoms with E-state index in [1.54, 1.807) is 0 Å². The van der Waals surface area contributed by atoms with Crippen LogP contribution in [0, 0.1) is 0 Å². The van der Waals surface area contributed by atoms with E-state index in [9.17, 15) is 22.8 Å². The number of rotatable bonds is 4. The van der Waals surface area contributed by atoms with E-state index in [1.807, 2.05) is 0 Å². The number of amides is 1. The lowest BCUT2D eigenvalue weighted by Gasteiger charge is -2.23. The summed E-state index contributed by atoms with van der Waals surface area (Å²) in [5, 5.41) is 0. The molecule has 0 saturated heterocycles. The molecule has 0 aliphatic carbocycles. The number of primary amides is 1. The summed E-state index contributed by atoms with van der Waals surface area (Å²) < 4.78 is 48.0. The molecule has 0 radical (unpaired) electrons. The molecule has 0 atom stereocenters. The van der Waals surface area contributed by atoms with Gasteiger partial charge in [-0.05, 0) is 32.0 Å². The first-order chi connectivity index (χ1) is 9.47. The number of esters is 1. The minimum absolute atomic E-state index is 0.311. The van der Waals surface area contributed by atoms with Gasteiger partial charge >= 0.3 is 12.1 Å². The molecule has 116 valence electrons. The van der Waals surface area contributed by atoms with Gasteiger partial charge in [-0.3, -0.25) is 4.79 Å². The first kappa shape index (κ1) is 16.8. The van der Waals surface area contributed by atoms with E-state index in [4.69, 9.17) is 10.5 Å². The van der Waals surface area contributed by atoms with Crippen molar-refractivity contribution in [2.45, 2.75) is 25.6 Å². The highest BCUT2D eigenvalue weighted by atomic mass is 19.4. The van der Waals surface area contributed by atoms with Crippen LogP contribution in [0.15, 0.2) is 18.2 Å². The van der Waals surface area contributed by atoms with Gasteiger partial charge in [0.25, 0.3) is 5.91 Å². The third-order valence-corrected chi connectivity index (χ3v) is 2.62. The Kier molecular flexibility index (Phi) is 4.50. The van der Waals surface area contributed by atoms with Crippen molar-refractivity contribution >= 4 is 11.9 Å². The van der Waals surface area contributed by atoms with Crippen LogP contribution in [0.3, 0.4) is 0 Å². The van der Waals surface area contributed by atoms with Crippen LogP contribution >= 0.6 is 0 Å². The molecule has 0 spiro atoms. The van der Waals surface area contributed by atoms with Gasteiger partial charge in [0.05, 0.1) is 18.2 Å². The number of nitrogens with two attached hydrogens (primary N) is 1. The summed E-state index contributed by atoms with van der Waals surface area (Å²) in [7, 11) is 1.04. The Balaban J connectivity index is 3.32. The first-order valence-electron chi connectivity index (χ1n) is 5.77. The molecule has 0 heterocycles. The minimum atomic E-state index is -4.68. The highest BCUT2D eigenvalue weighted by molar-refractivity contribution is 5.90. The maximum atomic E-state index is 12.8. The van der Waals surface area contributed by atoms with E-state index in [2.05, 4.69) is 4.74 Å². The summed E-state index contributed by atoms with van der Waals surface area (Å²) in [6, 6.07) is 2.36. The zero-order chi connectivity index (χ0) is 16.4. The van der Waals surface area contributed by atoms with Crippen molar-refractivity contribution in [2.75, 3.05) is 7.11 Å². The highest BCUT2D eigenvalue weighted by Crippen LogP contribution is 2.33. The summed E-state index contributed by atoms with van der Waals surface area (Å²) in [5.41, 5.74) is 2.12. The lowest BCUT2D eigenvalue weighted by atomic mass is 10.1. The number of hydrogen-bond acceptors (Lipinski definition) is 4. The van der Waals surface area contributed by atoms with Crippen molar-refractivity contribution in [1.82, 2.24) is 0 Å². The van der Waals surface area contributed by atoms with Crippen molar-refractivity contribution in [3.8, 4) is 5.75 Å². The second-order valence-corrected chi connectivity index (χ2v) is 4.71. The molecule has 2 N–H and O–H groups in total. The number of carbonyl (C=O) groups is 2. The van der Waals surface area contributed by atoms with Gasteiger partial charge in [0, 0.05) is 0 Å². The van der Waals surface area contributed by atoms with Crippen LogP contribution in [0.1, 0.15) is 29.8 Å². The highest BCUT2D eigenvalue weighted by Gasteiger charge is 2.34. The van der Waals surface area contributed by atoms with E-state index in [-0.39, 0.29) is 11.3 Å². The first-order valence-corrected chi connectivity index (χ1v) is 5.77. The molecule has 21 heavy (non-hydrogen) atoms. The molecule has 0 aliphatic heterocycles. The SMILES string of the molecule is COC(=O)c1cc(OC(C)(C)C(N)=O)cc(C(F)(F)F)c1. The van der Waals surface area contributed by atoms with Gasteiger partial charge in [-0.15, -0.1) is 0 Å². The molecule has 0 saturated carbocycles. The van der Waals surface area contributed by atoms with Gasteiger partial charge < -0.3 is 15.2 Å². The molecule has 0 unspecified atom stereocenters. The van der Waals surface area contributed by atoms with Crippen molar-refractivity contribution in [2.24, 2.45) is 5.73 Å². The normalized spacial score (nSPS) is 11.9. The van der Waals surface area contributed by atoms with Crippen LogP contribution in [0.2, 0.25) is 0 Å². The fourth-order valence-corrected chi connectivity index (χ4v) is 1.40. The number of hydrogen-bond donors (Lipinski definition) is 1. The maximum absolute atomic E-state index is 12.8. The molecule has 1 aromatic carbocycles. The predicted octanol–water partition coefficient (Wildman–Crippen LogP) is 2.13. The molecule has 5 nitrogen and oxygen atoms in total. The summed E-state index contributed by atoms with van der Waals surface area (Å²) in [6.45, 7) is 2.60. The van der Waals surface area contributed by atoms with Crippen LogP contribution in [-0.2, 0) is 15.7 Å². The van der Waals surface area contributed by atoms with Gasteiger partial charge in [0.2, 0.25) is 0 Å². The molecule has 0 bridgehead atoms. The summed E-state index contributed by atoms with van der Waals surface area (Å²) in [6.07, 6.45) is -4.68. The second kappa shape index (κ2) is 5.63. The van der Waals surface area contributed by atoms with Crippen LogP contribution in [0.25, 0.3) is 0 Å². The molecule has 1 aromatic rings. The minimum Gasteiger partial charge on any atom is -0.478 e. The number of benzene rings is 1. The Labute approximate surface area is 118 Å². The smallest absolute Gasteiger partial charge is 0.416 e. The summed E-state index contributed by atoms with van der Waals surface area (Å²) >= 11 is 0. The van der Waals surface area contributed by atoms with Crippen LogP contribution in [0.4, 0.5) is 13.2 Å². The fourth-order valence-electron chi connectivity index (χ4n) is 1.40. The number of ether oxygens (including phenoxy) is 2. The van der Waals surface area contributed by atoms with E-state index < -0.39 is 29.2 Å². The zero-order valence-electron chi connectivity index (χ0n) is 11.6. The third kappa shape index (κ3) is 4.11. The Hall–Kier alpha value is -2.25. The third-order valence-electron chi connectivity index (χ3n) is 2.62. The van der Waals surface area contributed by atoms with Crippen molar-refractivity contribution in [3.63, 3.8) is 0 Å². The Bertz CT molecular complexity index is 567. The van der Waals surface area contributed by atoms with Crippen LogP contribution in [-0.4, -0.2) is 24.6 Å². The molecular formula is C13H14F3NO4. The molecule has 1 rings (SSSR count). The van der Waals surface area contributed by atoms with Crippen molar-refractivity contribution < 1.29 is 32.2 Å². The number of methoxy groups -OCH3 is 1. The standard InChI is InChI=1S/C13H14F3NO4/c1-12(2,11(17)19)21-9-5-7(10(18)20-3)4-8(6-9)13(14,15)16/h4-6H,1-3H3,(H2,17,19). The van der Waals surface area contributed by atoms with E-state index >= 15 is 0 Å². The molecular weight excluding hydrogens is 291 g/mol. The van der Waals surface area contributed by atoms with Gasteiger partial charge in [0.1, 0.15) is 5.75 Å². The summed E-state index contributed by atoms with van der Waals surface area (Å²) in [4.78, 5) is 22.6. The van der Waals surface area contributed by atoms with Gasteiger partial charge in [0.15, 0.2) is 5.60 Å². The van der Waals surface area contributed by atoms with E-state index in [0.29, 0.717) is 12.1 Å². The van der Waals surface area contributed by atoms with E-state index in [1.165, 1.54) is 13.8 Å². The van der Waals surface area contributed by atoms with Crippen LogP contribution < -0.4 is 10.5 Å². The van der Waals surface area contributed by atoms with E-state index in [0.717, 1.165) is 13.2 Å². The lowest BCUT2D eigenvalue weighted by Crippen LogP contribution is -2.43. The predicted molar refractivity (Wildman–Crippen MR) is 66.7 cm³/mol. The quantitative estimate of drug-likeness (QED) is 0.864.